The van der Waals surface area contributed by atoms with Crippen LogP contribution in [-0.2, 0) is 6.42 Å². The van der Waals surface area contributed by atoms with Gasteiger partial charge in [0.15, 0.2) is 0 Å². The van der Waals surface area contributed by atoms with Crippen LogP contribution in [-0.4, -0.2) is 19.5 Å². The molecule has 3 aromatic rings. The van der Waals surface area contributed by atoms with Crippen LogP contribution < -0.4 is 5.56 Å². The molecule has 5 heteroatoms. The van der Waals surface area contributed by atoms with E-state index in [1.807, 2.05) is 26.0 Å². The minimum atomic E-state index is -0.0384. The topological polar surface area (TPSA) is 60.7 Å². The number of fused-ring (bicyclic) bond motifs is 1. The fraction of sp³-hybridized carbons (Fsp3) is 0.250. The highest BCUT2D eigenvalue weighted by Gasteiger charge is 2.12. The molecule has 0 aliphatic carbocycles. The molecule has 0 aliphatic rings. The molecule has 0 aromatic carbocycles. The Kier molecular flexibility index (Phi) is 3.48. The molecule has 3 aromatic heterocycles. The molecule has 1 atom stereocenters. The average Bonchev–Trinajstić information content (AvgIpc) is 2.50. The molecule has 0 bridgehead atoms. The molecule has 21 heavy (non-hydrogen) atoms. The van der Waals surface area contributed by atoms with Crippen LogP contribution >= 0.6 is 0 Å². The monoisotopic (exact) mass is 280 g/mol. The van der Waals surface area contributed by atoms with Crippen molar-refractivity contribution in [1.82, 2.24) is 19.5 Å². The third kappa shape index (κ3) is 2.54. The highest BCUT2D eigenvalue weighted by molar-refractivity contribution is 5.75. The molecule has 0 aliphatic heterocycles. The molecule has 0 N–H and O–H groups in total. The lowest BCUT2D eigenvalue weighted by Crippen LogP contribution is -2.25. The Labute approximate surface area is 122 Å². The Morgan fingerprint density at radius 3 is 2.90 bits per heavy atom. The first-order valence-electron chi connectivity index (χ1n) is 6.88. The first kappa shape index (κ1) is 13.4. The first-order chi connectivity index (χ1) is 10.2. The van der Waals surface area contributed by atoms with Crippen molar-refractivity contribution in [3.05, 3.63) is 64.7 Å². The van der Waals surface area contributed by atoms with Crippen LogP contribution in [0.2, 0.25) is 0 Å². The van der Waals surface area contributed by atoms with Crippen molar-refractivity contribution in [2.75, 3.05) is 0 Å². The van der Waals surface area contributed by atoms with Crippen LogP contribution in [0.4, 0.5) is 0 Å². The van der Waals surface area contributed by atoms with Crippen molar-refractivity contribution < 1.29 is 0 Å². The first-order valence-corrected chi connectivity index (χ1v) is 6.88. The predicted molar refractivity (Wildman–Crippen MR) is 81.2 cm³/mol. The summed E-state index contributed by atoms with van der Waals surface area (Å²) in [5.41, 5.74) is 2.73. The normalized spacial score (nSPS) is 12.5. The number of pyridine rings is 2. The van der Waals surface area contributed by atoms with Gasteiger partial charge in [-0.2, -0.15) is 0 Å². The lowest BCUT2D eigenvalue weighted by atomic mass is 10.1. The molecular weight excluding hydrogens is 264 g/mol. The van der Waals surface area contributed by atoms with E-state index in [2.05, 4.69) is 15.0 Å². The maximum absolute atomic E-state index is 12.5. The molecule has 106 valence electrons. The summed E-state index contributed by atoms with van der Waals surface area (Å²) in [5.74, 6) is 0. The summed E-state index contributed by atoms with van der Waals surface area (Å²) in [7, 11) is 0. The highest BCUT2D eigenvalue weighted by Crippen LogP contribution is 2.14. The quantitative estimate of drug-likeness (QED) is 0.738. The van der Waals surface area contributed by atoms with Gasteiger partial charge in [0.1, 0.15) is 0 Å². The van der Waals surface area contributed by atoms with Gasteiger partial charge in [-0.3, -0.25) is 19.3 Å². The zero-order chi connectivity index (χ0) is 14.8. The smallest absolute Gasteiger partial charge is 0.261 e. The minimum absolute atomic E-state index is 0.00355. The van der Waals surface area contributed by atoms with Crippen LogP contribution in [0.25, 0.3) is 10.9 Å². The molecule has 3 rings (SSSR count). The second-order valence-corrected chi connectivity index (χ2v) is 5.17. The number of aromatic nitrogens is 4. The highest BCUT2D eigenvalue weighted by atomic mass is 16.1. The van der Waals surface area contributed by atoms with Crippen molar-refractivity contribution in [3.8, 4) is 0 Å². The summed E-state index contributed by atoms with van der Waals surface area (Å²) in [6.45, 7) is 4.03. The molecular formula is C16H16N4O. The van der Waals surface area contributed by atoms with Gasteiger partial charge in [0.2, 0.25) is 0 Å². The van der Waals surface area contributed by atoms with Gasteiger partial charge in [0.05, 0.1) is 23.4 Å². The molecule has 0 spiro atoms. The fourth-order valence-electron chi connectivity index (χ4n) is 2.41. The number of nitrogens with zero attached hydrogens (tertiary/aromatic N) is 4. The standard InChI is InChI=1S/C16H16N4O/c1-11-4-3-6-18-14(11)8-12(2)20-10-19-15-9-17-7-5-13(15)16(20)21/h3-7,9-10,12H,8H2,1-2H3/t12-/m1/s1. The molecule has 0 saturated carbocycles. The summed E-state index contributed by atoms with van der Waals surface area (Å²) < 4.78 is 1.66. The molecule has 0 unspecified atom stereocenters. The lowest BCUT2D eigenvalue weighted by molar-refractivity contribution is 0.516. The second kappa shape index (κ2) is 5.44. The fourth-order valence-corrected chi connectivity index (χ4v) is 2.41. The van der Waals surface area contributed by atoms with Crippen LogP contribution in [0.5, 0.6) is 0 Å². The SMILES string of the molecule is Cc1cccnc1C[C@@H](C)n1cnc2cnccc2c1=O. The molecule has 5 nitrogen and oxygen atoms in total. The van der Waals surface area contributed by atoms with Crippen molar-refractivity contribution in [1.29, 1.82) is 0 Å². The number of rotatable bonds is 3. The van der Waals surface area contributed by atoms with Crippen molar-refractivity contribution in [3.63, 3.8) is 0 Å². The predicted octanol–water partition coefficient (Wildman–Crippen LogP) is 2.30. The van der Waals surface area contributed by atoms with Gasteiger partial charge >= 0.3 is 0 Å². The molecule has 0 amide bonds. The summed E-state index contributed by atoms with van der Waals surface area (Å²) >= 11 is 0. The van der Waals surface area contributed by atoms with E-state index >= 15 is 0 Å². The van der Waals surface area contributed by atoms with Crippen molar-refractivity contribution >= 4 is 10.9 Å². The van der Waals surface area contributed by atoms with Gasteiger partial charge in [-0.05, 0) is 31.5 Å². The molecule has 0 saturated heterocycles. The Morgan fingerprint density at radius 2 is 2.10 bits per heavy atom. The van der Waals surface area contributed by atoms with Crippen molar-refractivity contribution in [2.45, 2.75) is 26.3 Å². The number of hydrogen-bond donors (Lipinski definition) is 0. The second-order valence-electron chi connectivity index (χ2n) is 5.17. The summed E-state index contributed by atoms with van der Waals surface area (Å²) in [6.07, 6.45) is 7.29. The zero-order valence-electron chi connectivity index (χ0n) is 12.0. The molecule has 3 heterocycles. The van der Waals surface area contributed by atoms with E-state index in [0.717, 1.165) is 11.3 Å². The van der Waals surface area contributed by atoms with Gasteiger partial charge in [-0.1, -0.05) is 6.07 Å². The third-order valence-corrected chi connectivity index (χ3v) is 3.67. The number of aryl methyl sites for hydroxylation is 1. The Hall–Kier alpha value is -2.56. The van der Waals surface area contributed by atoms with E-state index in [1.165, 1.54) is 0 Å². The maximum atomic E-state index is 12.5. The van der Waals surface area contributed by atoms with E-state index < -0.39 is 0 Å². The van der Waals surface area contributed by atoms with Gasteiger partial charge < -0.3 is 0 Å². The Bertz CT molecular complexity index is 841. The van der Waals surface area contributed by atoms with Crippen LogP contribution in [0.15, 0.2) is 47.9 Å². The van der Waals surface area contributed by atoms with E-state index in [9.17, 15) is 4.79 Å². The summed E-state index contributed by atoms with van der Waals surface area (Å²) in [4.78, 5) is 25.2. The van der Waals surface area contributed by atoms with Crippen LogP contribution in [0.1, 0.15) is 24.2 Å². The number of hydrogen-bond acceptors (Lipinski definition) is 4. The van der Waals surface area contributed by atoms with Crippen molar-refractivity contribution in [2.24, 2.45) is 0 Å². The van der Waals surface area contributed by atoms with Gasteiger partial charge in [0, 0.05) is 30.6 Å². The molecule has 0 radical (unpaired) electrons. The average molecular weight is 280 g/mol. The van der Waals surface area contributed by atoms with E-state index in [0.29, 0.717) is 17.3 Å². The summed E-state index contributed by atoms with van der Waals surface area (Å²) in [6, 6.07) is 5.65. The lowest BCUT2D eigenvalue weighted by Gasteiger charge is -2.15. The minimum Gasteiger partial charge on any atom is -0.295 e. The van der Waals surface area contributed by atoms with Gasteiger partial charge in [-0.15, -0.1) is 0 Å². The Morgan fingerprint density at radius 1 is 1.24 bits per heavy atom. The largest absolute Gasteiger partial charge is 0.295 e. The Balaban J connectivity index is 1.99. The van der Waals surface area contributed by atoms with Gasteiger partial charge in [0.25, 0.3) is 5.56 Å². The van der Waals surface area contributed by atoms with Gasteiger partial charge in [-0.25, -0.2) is 4.98 Å². The van der Waals surface area contributed by atoms with E-state index in [4.69, 9.17) is 0 Å². The molecule has 0 fully saturated rings. The van der Waals surface area contributed by atoms with Crippen LogP contribution in [0, 0.1) is 6.92 Å². The summed E-state index contributed by atoms with van der Waals surface area (Å²) in [5, 5.41) is 0.595. The maximum Gasteiger partial charge on any atom is 0.261 e. The van der Waals surface area contributed by atoms with E-state index in [1.54, 1.807) is 35.6 Å². The zero-order valence-corrected chi connectivity index (χ0v) is 12.0. The van der Waals surface area contributed by atoms with Crippen LogP contribution in [0.3, 0.4) is 0 Å². The van der Waals surface area contributed by atoms with E-state index in [-0.39, 0.29) is 11.6 Å². The third-order valence-electron chi connectivity index (χ3n) is 3.67.